The van der Waals surface area contributed by atoms with Gasteiger partial charge in [-0.15, -0.1) is 24.8 Å². The minimum Gasteiger partial charge on any atom is -0.371 e. The second-order valence-electron chi connectivity index (χ2n) is 6.32. The maximum atomic E-state index is 13.1. The Bertz CT molecular complexity index is 574. The largest absolute Gasteiger partial charge is 0.371 e. The Balaban J connectivity index is 0.00000156. The SMILES string of the molecule is Cl.Cl.O=C(NCC1CCN(c2ccc(F)cc2)C1)C1CC(F)(F)CN1. The second kappa shape index (κ2) is 8.96. The maximum Gasteiger partial charge on any atom is 0.262 e. The number of benzene rings is 1. The van der Waals surface area contributed by atoms with Gasteiger partial charge < -0.3 is 10.2 Å². The summed E-state index contributed by atoms with van der Waals surface area (Å²) in [6.45, 7) is 1.64. The van der Waals surface area contributed by atoms with E-state index in [1.54, 1.807) is 12.1 Å². The molecule has 0 saturated carbocycles. The highest BCUT2D eigenvalue weighted by molar-refractivity contribution is 5.85. The highest BCUT2D eigenvalue weighted by Crippen LogP contribution is 2.26. The monoisotopic (exact) mass is 399 g/mol. The molecule has 25 heavy (non-hydrogen) atoms. The summed E-state index contributed by atoms with van der Waals surface area (Å²) in [6.07, 6.45) is 0.469. The molecule has 4 nitrogen and oxygen atoms in total. The fraction of sp³-hybridized carbons (Fsp3) is 0.562. The molecule has 1 aromatic rings. The van der Waals surface area contributed by atoms with Crippen LogP contribution in [0.5, 0.6) is 0 Å². The number of carbonyl (C=O) groups is 1. The molecule has 142 valence electrons. The number of amides is 1. The van der Waals surface area contributed by atoms with Gasteiger partial charge in [-0.05, 0) is 36.6 Å². The van der Waals surface area contributed by atoms with Crippen LogP contribution in [0, 0.1) is 11.7 Å². The van der Waals surface area contributed by atoms with Crippen LogP contribution in [-0.4, -0.2) is 44.1 Å². The topological polar surface area (TPSA) is 44.4 Å². The molecule has 1 amide bonds. The summed E-state index contributed by atoms with van der Waals surface area (Å²) in [5, 5.41) is 5.32. The van der Waals surface area contributed by atoms with E-state index >= 15 is 0 Å². The summed E-state index contributed by atoms with van der Waals surface area (Å²) in [5.41, 5.74) is 0.956. The van der Waals surface area contributed by atoms with Gasteiger partial charge in [-0.3, -0.25) is 10.1 Å². The van der Waals surface area contributed by atoms with Crippen LogP contribution in [0.25, 0.3) is 0 Å². The summed E-state index contributed by atoms with van der Waals surface area (Å²) >= 11 is 0. The molecule has 9 heteroatoms. The van der Waals surface area contributed by atoms with Crippen molar-refractivity contribution in [1.29, 1.82) is 0 Å². The Kier molecular flexibility index (Phi) is 7.84. The summed E-state index contributed by atoms with van der Waals surface area (Å²) in [5.74, 6) is -3.15. The first kappa shape index (κ1) is 21.9. The highest BCUT2D eigenvalue weighted by Gasteiger charge is 2.42. The van der Waals surface area contributed by atoms with Crippen LogP contribution >= 0.6 is 24.8 Å². The summed E-state index contributed by atoms with van der Waals surface area (Å²) < 4.78 is 39.1. The molecule has 2 saturated heterocycles. The first-order chi connectivity index (χ1) is 10.9. The predicted molar refractivity (Wildman–Crippen MR) is 95.6 cm³/mol. The number of halogens is 5. The summed E-state index contributed by atoms with van der Waals surface area (Å²) in [7, 11) is 0. The lowest BCUT2D eigenvalue weighted by Gasteiger charge is -2.19. The lowest BCUT2D eigenvalue weighted by Crippen LogP contribution is -2.42. The fourth-order valence-electron chi connectivity index (χ4n) is 3.15. The lowest BCUT2D eigenvalue weighted by atomic mass is 10.1. The van der Waals surface area contributed by atoms with Crippen molar-refractivity contribution in [3.05, 3.63) is 30.1 Å². The van der Waals surface area contributed by atoms with Crippen LogP contribution in [0.2, 0.25) is 0 Å². The Morgan fingerprint density at radius 2 is 1.96 bits per heavy atom. The minimum absolute atomic E-state index is 0. The van der Waals surface area contributed by atoms with E-state index in [0.717, 1.165) is 25.2 Å². The average molecular weight is 400 g/mol. The summed E-state index contributed by atoms with van der Waals surface area (Å²) in [4.78, 5) is 14.1. The third-order valence-electron chi connectivity index (χ3n) is 4.47. The molecule has 2 atom stereocenters. The Morgan fingerprint density at radius 3 is 2.56 bits per heavy atom. The zero-order chi connectivity index (χ0) is 16.4. The van der Waals surface area contributed by atoms with Gasteiger partial charge in [0, 0.05) is 31.7 Å². The highest BCUT2D eigenvalue weighted by atomic mass is 35.5. The van der Waals surface area contributed by atoms with Crippen LogP contribution in [-0.2, 0) is 4.79 Å². The van der Waals surface area contributed by atoms with E-state index < -0.39 is 24.9 Å². The van der Waals surface area contributed by atoms with Crippen molar-refractivity contribution in [2.45, 2.75) is 24.8 Å². The standard InChI is InChI=1S/C16H20F3N3O.2ClH/c17-12-1-3-13(4-2-12)22-6-5-11(9-22)8-20-15(23)14-7-16(18,19)10-21-14;;/h1-4,11,14,21H,5-10H2,(H,20,23);2*1H. The van der Waals surface area contributed by atoms with Crippen molar-refractivity contribution < 1.29 is 18.0 Å². The van der Waals surface area contributed by atoms with Gasteiger partial charge in [-0.25, -0.2) is 13.2 Å². The zero-order valence-corrected chi connectivity index (χ0v) is 15.1. The fourth-order valence-corrected chi connectivity index (χ4v) is 3.15. The van der Waals surface area contributed by atoms with Crippen molar-refractivity contribution in [2.24, 2.45) is 5.92 Å². The van der Waals surface area contributed by atoms with Gasteiger partial charge in [0.25, 0.3) is 5.92 Å². The molecular weight excluding hydrogens is 378 g/mol. The molecule has 2 unspecified atom stereocenters. The number of rotatable bonds is 4. The van der Waals surface area contributed by atoms with Gasteiger partial charge in [0.1, 0.15) is 5.82 Å². The van der Waals surface area contributed by atoms with Crippen LogP contribution in [0.15, 0.2) is 24.3 Å². The zero-order valence-electron chi connectivity index (χ0n) is 13.5. The molecule has 2 fully saturated rings. The third-order valence-corrected chi connectivity index (χ3v) is 4.47. The van der Waals surface area contributed by atoms with E-state index in [2.05, 4.69) is 15.5 Å². The molecule has 0 bridgehead atoms. The number of nitrogens with one attached hydrogen (secondary N) is 2. The van der Waals surface area contributed by atoms with E-state index in [0.29, 0.717) is 6.54 Å². The second-order valence-corrected chi connectivity index (χ2v) is 6.32. The van der Waals surface area contributed by atoms with Crippen molar-refractivity contribution in [3.8, 4) is 0 Å². The lowest BCUT2D eigenvalue weighted by molar-refractivity contribution is -0.123. The van der Waals surface area contributed by atoms with Gasteiger partial charge in [0.05, 0.1) is 12.6 Å². The van der Waals surface area contributed by atoms with E-state index in [1.165, 1.54) is 12.1 Å². The van der Waals surface area contributed by atoms with E-state index in [1.807, 2.05) is 0 Å². The Labute approximate surface area is 157 Å². The quantitative estimate of drug-likeness (QED) is 0.817. The predicted octanol–water partition coefficient (Wildman–Crippen LogP) is 2.61. The first-order valence-corrected chi connectivity index (χ1v) is 7.82. The molecule has 0 radical (unpaired) electrons. The molecule has 2 aliphatic rings. The number of hydrogen-bond donors (Lipinski definition) is 2. The number of carbonyl (C=O) groups excluding carboxylic acids is 1. The van der Waals surface area contributed by atoms with Crippen LogP contribution in [0.1, 0.15) is 12.8 Å². The molecule has 1 aromatic carbocycles. The molecule has 0 spiro atoms. The first-order valence-electron chi connectivity index (χ1n) is 7.82. The summed E-state index contributed by atoms with van der Waals surface area (Å²) in [6, 6.07) is 5.52. The van der Waals surface area contributed by atoms with E-state index in [4.69, 9.17) is 0 Å². The molecule has 2 heterocycles. The van der Waals surface area contributed by atoms with Gasteiger partial charge in [0.2, 0.25) is 5.91 Å². The molecule has 3 rings (SSSR count). The normalized spacial score (nSPS) is 24.4. The van der Waals surface area contributed by atoms with Crippen molar-refractivity contribution in [3.63, 3.8) is 0 Å². The smallest absolute Gasteiger partial charge is 0.262 e. The average Bonchev–Trinajstić information content (AvgIpc) is 3.12. The van der Waals surface area contributed by atoms with Crippen molar-refractivity contribution in [1.82, 2.24) is 10.6 Å². The Hall–Kier alpha value is -1.18. The molecule has 0 aromatic heterocycles. The van der Waals surface area contributed by atoms with Gasteiger partial charge >= 0.3 is 0 Å². The molecule has 2 N–H and O–H groups in total. The van der Waals surface area contributed by atoms with Crippen molar-refractivity contribution in [2.75, 3.05) is 31.1 Å². The van der Waals surface area contributed by atoms with E-state index in [-0.39, 0.29) is 42.5 Å². The molecule has 2 aliphatic heterocycles. The third kappa shape index (κ3) is 5.66. The molecule has 0 aliphatic carbocycles. The van der Waals surface area contributed by atoms with Crippen molar-refractivity contribution >= 4 is 36.4 Å². The molecular formula is C16H22Cl2F3N3O. The van der Waals surface area contributed by atoms with Gasteiger partial charge in [-0.2, -0.15) is 0 Å². The van der Waals surface area contributed by atoms with Gasteiger partial charge in [-0.1, -0.05) is 0 Å². The number of alkyl halides is 2. The Morgan fingerprint density at radius 1 is 1.28 bits per heavy atom. The number of hydrogen-bond acceptors (Lipinski definition) is 3. The van der Waals surface area contributed by atoms with Gasteiger partial charge in [0.15, 0.2) is 0 Å². The van der Waals surface area contributed by atoms with Crippen LogP contribution in [0.3, 0.4) is 0 Å². The number of anilines is 1. The maximum absolute atomic E-state index is 13.1. The van der Waals surface area contributed by atoms with E-state index in [9.17, 15) is 18.0 Å². The van der Waals surface area contributed by atoms with Crippen LogP contribution < -0.4 is 15.5 Å². The number of nitrogens with zero attached hydrogens (tertiary/aromatic N) is 1. The minimum atomic E-state index is -2.80. The van der Waals surface area contributed by atoms with Crippen LogP contribution in [0.4, 0.5) is 18.9 Å².